The number of aromatic amines is 1. The first-order valence-corrected chi connectivity index (χ1v) is 8.00. The van der Waals surface area contributed by atoms with Gasteiger partial charge in [0.25, 0.3) is 0 Å². The smallest absolute Gasteiger partial charge is 0.246 e. The zero-order valence-electron chi connectivity index (χ0n) is 13.1. The molecule has 120 valence electrons. The van der Waals surface area contributed by atoms with Crippen LogP contribution in [0.25, 0.3) is 6.08 Å². The number of H-pyrrole nitrogens is 1. The van der Waals surface area contributed by atoms with E-state index >= 15 is 0 Å². The number of nitrogens with zero attached hydrogens (tertiary/aromatic N) is 1. The number of benzene rings is 1. The summed E-state index contributed by atoms with van der Waals surface area (Å²) in [7, 11) is 0. The minimum Gasteiger partial charge on any atom is -0.395 e. The molecule has 0 spiro atoms. The van der Waals surface area contributed by atoms with Gasteiger partial charge in [0, 0.05) is 36.5 Å². The molecule has 4 nitrogen and oxygen atoms in total. The van der Waals surface area contributed by atoms with E-state index in [0.717, 1.165) is 30.6 Å². The summed E-state index contributed by atoms with van der Waals surface area (Å²) in [5, 5.41) is 10.0. The maximum absolute atomic E-state index is 12.5. The monoisotopic (exact) mass is 310 g/mol. The van der Waals surface area contributed by atoms with Gasteiger partial charge in [-0.05, 0) is 36.6 Å². The van der Waals surface area contributed by atoms with Gasteiger partial charge in [0.05, 0.1) is 6.61 Å². The first-order chi connectivity index (χ1) is 11.2. The quantitative estimate of drug-likeness (QED) is 0.853. The minimum atomic E-state index is -0.352. The minimum absolute atomic E-state index is 0.00643. The molecule has 1 atom stereocenters. The summed E-state index contributed by atoms with van der Waals surface area (Å²) in [6, 6.07) is 13.8. The largest absolute Gasteiger partial charge is 0.395 e. The number of carbonyl (C=O) groups excluding carboxylic acids is 1. The Labute approximate surface area is 136 Å². The molecule has 1 aromatic carbocycles. The maximum Gasteiger partial charge on any atom is 0.246 e. The number of piperidine rings is 1. The van der Waals surface area contributed by atoms with E-state index in [4.69, 9.17) is 0 Å². The number of aliphatic hydroxyl groups is 1. The Hall–Kier alpha value is -2.33. The standard InChI is InChI=1S/C19H22N2O2/c22-15-19(16-6-2-1-3-7-16)11-5-13-21(14-19)18(23)10-9-17-8-4-12-20-17/h1-4,6-10,12,20,22H,5,11,13-15H2/b10-9+. The molecule has 1 aliphatic rings. The van der Waals surface area contributed by atoms with E-state index in [2.05, 4.69) is 4.98 Å². The van der Waals surface area contributed by atoms with Gasteiger partial charge in [-0.15, -0.1) is 0 Å². The molecule has 0 bridgehead atoms. The molecule has 1 aromatic heterocycles. The Morgan fingerprint density at radius 1 is 1.26 bits per heavy atom. The third kappa shape index (κ3) is 3.37. The molecule has 2 N–H and O–H groups in total. The van der Waals surface area contributed by atoms with Crippen molar-refractivity contribution in [2.24, 2.45) is 0 Å². The first kappa shape index (κ1) is 15.6. The van der Waals surface area contributed by atoms with E-state index in [1.807, 2.05) is 53.6 Å². The van der Waals surface area contributed by atoms with E-state index in [-0.39, 0.29) is 17.9 Å². The molecule has 2 heterocycles. The molecule has 1 amide bonds. The summed E-state index contributed by atoms with van der Waals surface area (Å²) < 4.78 is 0. The molecule has 3 rings (SSSR count). The number of amides is 1. The van der Waals surface area contributed by atoms with Crippen LogP contribution in [0.4, 0.5) is 0 Å². The van der Waals surface area contributed by atoms with Crippen molar-refractivity contribution < 1.29 is 9.90 Å². The lowest BCUT2D eigenvalue weighted by molar-refractivity contribution is -0.128. The Kier molecular flexibility index (Phi) is 4.63. The number of aromatic nitrogens is 1. The van der Waals surface area contributed by atoms with E-state index in [1.54, 1.807) is 12.2 Å². The lowest BCUT2D eigenvalue weighted by atomic mass is 9.74. The zero-order valence-corrected chi connectivity index (χ0v) is 13.1. The third-order valence-electron chi connectivity index (χ3n) is 4.60. The van der Waals surface area contributed by atoms with Crippen molar-refractivity contribution >= 4 is 12.0 Å². The van der Waals surface area contributed by atoms with Crippen LogP contribution < -0.4 is 0 Å². The molecule has 23 heavy (non-hydrogen) atoms. The first-order valence-electron chi connectivity index (χ1n) is 8.00. The number of hydrogen-bond donors (Lipinski definition) is 2. The summed E-state index contributed by atoms with van der Waals surface area (Å²) in [5.41, 5.74) is 1.66. The van der Waals surface area contributed by atoms with E-state index in [9.17, 15) is 9.90 Å². The highest BCUT2D eigenvalue weighted by Crippen LogP contribution is 2.33. The molecular weight excluding hydrogens is 288 g/mol. The van der Waals surface area contributed by atoms with Gasteiger partial charge in [0.1, 0.15) is 0 Å². The predicted octanol–water partition coefficient (Wildman–Crippen LogP) is 2.58. The van der Waals surface area contributed by atoms with Gasteiger partial charge in [-0.2, -0.15) is 0 Å². The molecule has 0 aliphatic carbocycles. The van der Waals surface area contributed by atoms with Crippen LogP contribution in [0.5, 0.6) is 0 Å². The second kappa shape index (κ2) is 6.84. The van der Waals surface area contributed by atoms with Gasteiger partial charge in [-0.25, -0.2) is 0 Å². The highest BCUT2D eigenvalue weighted by atomic mass is 16.3. The SMILES string of the molecule is O=C(/C=C/c1ccc[nH]1)N1CCCC(CO)(c2ccccc2)C1. The topological polar surface area (TPSA) is 56.3 Å². The number of nitrogens with one attached hydrogen (secondary N) is 1. The van der Waals surface area contributed by atoms with Crippen molar-refractivity contribution in [3.05, 3.63) is 66.0 Å². The van der Waals surface area contributed by atoms with Crippen molar-refractivity contribution in [2.45, 2.75) is 18.3 Å². The number of carbonyl (C=O) groups is 1. The van der Waals surface area contributed by atoms with Crippen LogP contribution in [0.1, 0.15) is 24.1 Å². The van der Waals surface area contributed by atoms with E-state index in [0.29, 0.717) is 6.54 Å². The Balaban J connectivity index is 1.75. The summed E-state index contributed by atoms with van der Waals surface area (Å²) in [6.45, 7) is 1.35. The molecule has 1 saturated heterocycles. The number of aliphatic hydroxyl groups excluding tert-OH is 1. The summed E-state index contributed by atoms with van der Waals surface area (Å²) in [4.78, 5) is 17.4. The van der Waals surface area contributed by atoms with Crippen LogP contribution in [0.15, 0.2) is 54.7 Å². The number of hydrogen-bond acceptors (Lipinski definition) is 2. The maximum atomic E-state index is 12.5. The van der Waals surface area contributed by atoms with Gasteiger partial charge in [0.15, 0.2) is 0 Å². The van der Waals surface area contributed by atoms with Crippen molar-refractivity contribution in [3.63, 3.8) is 0 Å². The zero-order chi connectivity index (χ0) is 16.1. The van der Waals surface area contributed by atoms with Crippen molar-refractivity contribution in [2.75, 3.05) is 19.7 Å². The molecule has 1 aliphatic heterocycles. The molecule has 2 aromatic rings. The van der Waals surface area contributed by atoms with Crippen molar-refractivity contribution in [1.29, 1.82) is 0 Å². The number of likely N-dealkylation sites (tertiary alicyclic amines) is 1. The van der Waals surface area contributed by atoms with Gasteiger partial charge in [-0.1, -0.05) is 30.3 Å². The van der Waals surface area contributed by atoms with E-state index in [1.165, 1.54) is 0 Å². The lowest BCUT2D eigenvalue weighted by Crippen LogP contribution is -2.50. The summed E-state index contributed by atoms with van der Waals surface area (Å²) in [5.74, 6) is -0.00643. The van der Waals surface area contributed by atoms with E-state index < -0.39 is 0 Å². The second-order valence-electron chi connectivity index (χ2n) is 6.13. The van der Waals surface area contributed by atoms with Gasteiger partial charge in [0.2, 0.25) is 5.91 Å². The normalized spacial score (nSPS) is 21.7. The highest BCUT2D eigenvalue weighted by molar-refractivity contribution is 5.91. The summed E-state index contributed by atoms with van der Waals surface area (Å²) >= 11 is 0. The molecule has 0 radical (unpaired) electrons. The predicted molar refractivity (Wildman–Crippen MR) is 90.8 cm³/mol. The highest BCUT2D eigenvalue weighted by Gasteiger charge is 2.37. The lowest BCUT2D eigenvalue weighted by Gasteiger charge is -2.42. The Bertz CT molecular complexity index is 664. The van der Waals surface area contributed by atoms with Crippen LogP contribution in [0, 0.1) is 0 Å². The fraction of sp³-hybridized carbons (Fsp3) is 0.316. The Morgan fingerprint density at radius 2 is 2.09 bits per heavy atom. The third-order valence-corrected chi connectivity index (χ3v) is 4.60. The van der Waals surface area contributed by atoms with Gasteiger partial charge in [-0.3, -0.25) is 4.79 Å². The van der Waals surface area contributed by atoms with Crippen LogP contribution in [0.3, 0.4) is 0 Å². The van der Waals surface area contributed by atoms with Crippen molar-refractivity contribution in [1.82, 2.24) is 9.88 Å². The number of rotatable bonds is 4. The molecule has 1 fully saturated rings. The fourth-order valence-electron chi connectivity index (χ4n) is 3.28. The van der Waals surface area contributed by atoms with Crippen molar-refractivity contribution in [3.8, 4) is 0 Å². The van der Waals surface area contributed by atoms with Crippen LogP contribution in [-0.2, 0) is 10.2 Å². The average Bonchev–Trinajstić information content (AvgIpc) is 3.14. The van der Waals surface area contributed by atoms with Gasteiger partial charge >= 0.3 is 0 Å². The second-order valence-corrected chi connectivity index (χ2v) is 6.13. The fourth-order valence-corrected chi connectivity index (χ4v) is 3.28. The van der Waals surface area contributed by atoms with Crippen LogP contribution >= 0.6 is 0 Å². The van der Waals surface area contributed by atoms with Gasteiger partial charge < -0.3 is 15.0 Å². The molecule has 0 saturated carbocycles. The van der Waals surface area contributed by atoms with Crippen LogP contribution in [0.2, 0.25) is 0 Å². The molecular formula is C19H22N2O2. The Morgan fingerprint density at radius 3 is 2.78 bits per heavy atom. The van der Waals surface area contributed by atoms with Crippen LogP contribution in [-0.4, -0.2) is 40.6 Å². The molecule has 1 unspecified atom stereocenters. The average molecular weight is 310 g/mol. The summed E-state index contributed by atoms with van der Waals surface area (Å²) in [6.07, 6.45) is 7.02. The molecule has 4 heteroatoms.